The maximum atomic E-state index is 13.1. The number of nitrogens with one attached hydrogen (secondary N) is 1. The molecule has 2 aromatic carbocycles. The van der Waals surface area contributed by atoms with Crippen LogP contribution in [0.2, 0.25) is 5.02 Å². The number of carbonyl (C=O) groups is 2. The first-order valence-corrected chi connectivity index (χ1v) is 14.0. The summed E-state index contributed by atoms with van der Waals surface area (Å²) in [4.78, 5) is 44.9. The van der Waals surface area contributed by atoms with Crippen molar-refractivity contribution >= 4 is 82.9 Å². The van der Waals surface area contributed by atoms with Crippen LogP contribution in [0.25, 0.3) is 21.3 Å². The van der Waals surface area contributed by atoms with Gasteiger partial charge in [0.05, 0.1) is 22.2 Å². The molecule has 1 N–H and O–H groups in total. The molecule has 1 aliphatic rings. The van der Waals surface area contributed by atoms with Gasteiger partial charge in [0.25, 0.3) is 11.6 Å². The SMILES string of the molecule is O=C(CN1CCN(C(=O)c2sc3cc([N+](=O)[O-])ccc3c2Cl)CC1)Nc1nc(-c2ccc(Br)cc2)cs1. The van der Waals surface area contributed by atoms with Gasteiger partial charge in [0.15, 0.2) is 5.13 Å². The van der Waals surface area contributed by atoms with E-state index in [2.05, 4.69) is 26.2 Å². The number of amides is 2. The zero-order chi connectivity index (χ0) is 26.1. The van der Waals surface area contributed by atoms with E-state index in [0.717, 1.165) is 27.1 Å². The van der Waals surface area contributed by atoms with E-state index in [4.69, 9.17) is 11.6 Å². The highest BCUT2D eigenvalue weighted by Gasteiger charge is 2.27. The Morgan fingerprint density at radius 2 is 1.86 bits per heavy atom. The Balaban J connectivity index is 1.16. The lowest BCUT2D eigenvalue weighted by Crippen LogP contribution is -2.50. The van der Waals surface area contributed by atoms with Gasteiger partial charge >= 0.3 is 0 Å². The summed E-state index contributed by atoms with van der Waals surface area (Å²) in [6.07, 6.45) is 0. The summed E-state index contributed by atoms with van der Waals surface area (Å²) in [5.74, 6) is -0.369. The van der Waals surface area contributed by atoms with Crippen LogP contribution >= 0.6 is 50.2 Å². The number of hydrogen-bond acceptors (Lipinski definition) is 8. The maximum absolute atomic E-state index is 13.1. The highest BCUT2D eigenvalue weighted by Crippen LogP contribution is 2.38. The number of aromatic nitrogens is 1. The second-order valence-corrected chi connectivity index (χ2v) is 11.5. The Morgan fingerprint density at radius 3 is 2.57 bits per heavy atom. The van der Waals surface area contributed by atoms with Gasteiger partial charge in [-0.2, -0.15) is 0 Å². The summed E-state index contributed by atoms with van der Waals surface area (Å²) in [5.41, 5.74) is 1.73. The molecule has 1 saturated heterocycles. The summed E-state index contributed by atoms with van der Waals surface area (Å²) >= 11 is 12.4. The monoisotopic (exact) mass is 619 g/mol. The van der Waals surface area contributed by atoms with Crippen molar-refractivity contribution in [2.75, 3.05) is 38.0 Å². The number of thiazole rings is 1. The molecule has 0 atom stereocenters. The fraction of sp³-hybridized carbons (Fsp3) is 0.208. The molecule has 2 aromatic heterocycles. The molecule has 0 spiro atoms. The van der Waals surface area contributed by atoms with Gasteiger partial charge in [-0.3, -0.25) is 24.6 Å². The third-order valence-electron chi connectivity index (χ3n) is 5.94. The van der Waals surface area contributed by atoms with Crippen LogP contribution in [0.4, 0.5) is 10.8 Å². The summed E-state index contributed by atoms with van der Waals surface area (Å²) in [5, 5.41) is 17.3. The average Bonchev–Trinajstić information content (AvgIpc) is 3.48. The van der Waals surface area contributed by atoms with Gasteiger partial charge in [-0.25, -0.2) is 4.98 Å². The Labute approximate surface area is 232 Å². The number of thiophene rings is 1. The predicted octanol–water partition coefficient (Wildman–Crippen LogP) is 5.75. The summed E-state index contributed by atoms with van der Waals surface area (Å²) in [7, 11) is 0. The van der Waals surface area contributed by atoms with Crippen LogP contribution in [0.5, 0.6) is 0 Å². The molecule has 0 bridgehead atoms. The van der Waals surface area contributed by atoms with Gasteiger partial charge in [0.2, 0.25) is 5.91 Å². The summed E-state index contributed by atoms with van der Waals surface area (Å²) in [6.45, 7) is 2.16. The van der Waals surface area contributed by atoms with Gasteiger partial charge < -0.3 is 10.2 Å². The summed E-state index contributed by atoms with van der Waals surface area (Å²) in [6, 6.07) is 12.2. The number of piperazine rings is 1. The molecule has 4 aromatic rings. The molecular formula is C24H19BrClN5O4S2. The largest absolute Gasteiger partial charge is 0.335 e. The Kier molecular flexibility index (Phi) is 7.54. The topological polar surface area (TPSA) is 109 Å². The number of nitrogens with zero attached hydrogens (tertiary/aromatic N) is 4. The van der Waals surface area contributed by atoms with Gasteiger partial charge in [0.1, 0.15) is 4.88 Å². The zero-order valence-corrected chi connectivity index (χ0v) is 23.1. The molecule has 0 unspecified atom stereocenters. The van der Waals surface area contributed by atoms with Gasteiger partial charge in [-0.05, 0) is 18.2 Å². The number of halogens is 2. The molecular weight excluding hydrogens is 602 g/mol. The average molecular weight is 621 g/mol. The molecule has 0 radical (unpaired) electrons. The van der Waals surface area contributed by atoms with Crippen molar-refractivity contribution in [3.05, 3.63) is 72.3 Å². The lowest BCUT2D eigenvalue weighted by Gasteiger charge is -2.34. The second-order valence-electron chi connectivity index (χ2n) is 8.34. The number of hydrogen-bond donors (Lipinski definition) is 1. The quantitative estimate of drug-likeness (QED) is 0.217. The van der Waals surface area contributed by atoms with Crippen molar-refractivity contribution in [2.45, 2.75) is 0 Å². The van der Waals surface area contributed by atoms with Crippen LogP contribution < -0.4 is 5.32 Å². The van der Waals surface area contributed by atoms with Crippen molar-refractivity contribution in [2.24, 2.45) is 0 Å². The van der Waals surface area contributed by atoms with Crippen LogP contribution in [-0.4, -0.2) is 64.2 Å². The molecule has 2 amide bonds. The van der Waals surface area contributed by atoms with Crippen molar-refractivity contribution in [3.8, 4) is 11.3 Å². The predicted molar refractivity (Wildman–Crippen MR) is 150 cm³/mol. The highest BCUT2D eigenvalue weighted by atomic mass is 79.9. The van der Waals surface area contributed by atoms with E-state index >= 15 is 0 Å². The van der Waals surface area contributed by atoms with E-state index in [9.17, 15) is 19.7 Å². The molecule has 1 aliphatic heterocycles. The van der Waals surface area contributed by atoms with Crippen molar-refractivity contribution in [1.82, 2.24) is 14.8 Å². The van der Waals surface area contributed by atoms with E-state index in [-0.39, 0.29) is 24.0 Å². The minimum absolute atomic E-state index is 0.0430. The van der Waals surface area contributed by atoms with Gasteiger partial charge in [-0.15, -0.1) is 22.7 Å². The molecule has 9 nitrogen and oxygen atoms in total. The number of nitro benzene ring substituents is 1. The zero-order valence-electron chi connectivity index (χ0n) is 19.1. The number of anilines is 1. The first-order valence-electron chi connectivity index (χ1n) is 11.2. The second kappa shape index (κ2) is 10.8. The third-order valence-corrected chi connectivity index (χ3v) is 8.87. The van der Waals surface area contributed by atoms with Gasteiger partial charge in [0, 0.05) is 63.8 Å². The van der Waals surface area contributed by atoms with E-state index in [1.165, 1.54) is 23.5 Å². The fourth-order valence-corrected chi connectivity index (χ4v) is 6.52. The number of non-ortho nitro benzene ring substituents is 1. The molecule has 5 rings (SSSR count). The molecule has 37 heavy (non-hydrogen) atoms. The molecule has 0 saturated carbocycles. The fourth-order valence-electron chi connectivity index (χ4n) is 4.00. The van der Waals surface area contributed by atoms with Crippen LogP contribution in [0, 0.1) is 10.1 Å². The first kappa shape index (κ1) is 25.7. The van der Waals surface area contributed by atoms with Crippen LogP contribution in [0.15, 0.2) is 52.3 Å². The number of rotatable bonds is 6. The Hall–Kier alpha value is -2.90. The number of nitro groups is 1. The molecule has 1 fully saturated rings. The Morgan fingerprint density at radius 1 is 1.14 bits per heavy atom. The highest BCUT2D eigenvalue weighted by molar-refractivity contribution is 9.10. The Bertz CT molecular complexity index is 1500. The minimum atomic E-state index is -0.472. The van der Waals surface area contributed by atoms with E-state index in [1.807, 2.05) is 34.5 Å². The van der Waals surface area contributed by atoms with Gasteiger partial charge in [-0.1, -0.05) is 39.7 Å². The van der Waals surface area contributed by atoms with Crippen LogP contribution in [-0.2, 0) is 4.79 Å². The molecule has 3 heterocycles. The van der Waals surface area contributed by atoms with E-state index in [0.29, 0.717) is 51.3 Å². The van der Waals surface area contributed by atoms with Crippen molar-refractivity contribution < 1.29 is 14.5 Å². The van der Waals surface area contributed by atoms with E-state index in [1.54, 1.807) is 11.0 Å². The molecule has 13 heteroatoms. The maximum Gasteiger partial charge on any atom is 0.270 e. The van der Waals surface area contributed by atoms with Crippen LogP contribution in [0.1, 0.15) is 9.67 Å². The number of carbonyl (C=O) groups excluding carboxylic acids is 2. The standard InChI is InChI=1S/C24H19BrClN5O4S2/c25-15-3-1-14(2-4-15)18-13-36-24(27-18)28-20(32)12-29-7-9-30(10-8-29)23(33)22-21(26)17-6-5-16(31(34)35)11-19(17)37-22/h1-6,11,13H,7-10,12H2,(H,27,28,32). The molecule has 190 valence electrons. The summed E-state index contributed by atoms with van der Waals surface area (Å²) < 4.78 is 1.59. The third kappa shape index (κ3) is 5.68. The minimum Gasteiger partial charge on any atom is -0.335 e. The van der Waals surface area contributed by atoms with Crippen LogP contribution in [0.3, 0.4) is 0 Å². The lowest BCUT2D eigenvalue weighted by atomic mass is 10.2. The smallest absolute Gasteiger partial charge is 0.270 e. The number of benzene rings is 2. The lowest BCUT2D eigenvalue weighted by molar-refractivity contribution is -0.384. The van der Waals surface area contributed by atoms with E-state index < -0.39 is 4.92 Å². The van der Waals surface area contributed by atoms with Crippen molar-refractivity contribution in [1.29, 1.82) is 0 Å². The number of fused-ring (bicyclic) bond motifs is 1. The first-order chi connectivity index (χ1) is 17.8. The van der Waals surface area contributed by atoms with Crippen molar-refractivity contribution in [3.63, 3.8) is 0 Å². The normalized spacial score (nSPS) is 14.2. The molecule has 0 aliphatic carbocycles.